The molecule has 0 saturated heterocycles. The lowest BCUT2D eigenvalue weighted by molar-refractivity contribution is 0.0686. The Bertz CT molecular complexity index is 1400. The Morgan fingerprint density at radius 1 is 0.389 bits per heavy atom. The molecule has 0 aliphatic carbocycles. The highest BCUT2D eigenvalue weighted by Crippen LogP contribution is 2.14. The van der Waals surface area contributed by atoms with Crippen molar-refractivity contribution in [1.82, 2.24) is 0 Å². The lowest BCUT2D eigenvalue weighted by Gasteiger charge is -2.03. The number of hydrogen-bond donors (Lipinski definition) is 2. The van der Waals surface area contributed by atoms with E-state index in [1.54, 1.807) is 48.5 Å². The highest BCUT2D eigenvalue weighted by molar-refractivity contribution is 6.10. The topological polar surface area (TPSA) is 109 Å². The molecule has 0 spiro atoms. The standard InChI is InChI=1S/C30H18O6/c31-27(23-11-15-25(16-12-23)29(33)34)21-7-3-19(4-8-21)1-2-20-5-9-22(10-6-20)28(32)24-13-17-26(18-14-24)30(35)36/h3-18H,(H,33,34)(H,35,36). The number of carboxylic acid groups (broad SMARTS) is 2. The Hall–Kier alpha value is -5.28. The Morgan fingerprint density at radius 3 is 0.861 bits per heavy atom. The third-order valence-corrected chi connectivity index (χ3v) is 5.43. The molecule has 0 unspecified atom stereocenters. The minimum absolute atomic E-state index is 0.115. The van der Waals surface area contributed by atoms with Crippen LogP contribution in [0.3, 0.4) is 0 Å². The van der Waals surface area contributed by atoms with Gasteiger partial charge in [0.1, 0.15) is 0 Å². The van der Waals surface area contributed by atoms with Crippen molar-refractivity contribution in [1.29, 1.82) is 0 Å². The van der Waals surface area contributed by atoms with Gasteiger partial charge >= 0.3 is 11.9 Å². The molecular weight excluding hydrogens is 456 g/mol. The third-order valence-electron chi connectivity index (χ3n) is 5.43. The average Bonchev–Trinajstić information content (AvgIpc) is 2.92. The van der Waals surface area contributed by atoms with Crippen molar-refractivity contribution in [2.75, 3.05) is 0 Å². The Balaban J connectivity index is 1.43. The van der Waals surface area contributed by atoms with Gasteiger partial charge in [0.15, 0.2) is 11.6 Å². The minimum atomic E-state index is -1.05. The van der Waals surface area contributed by atoms with Gasteiger partial charge in [-0.25, -0.2) is 9.59 Å². The normalized spacial score (nSPS) is 10.1. The minimum Gasteiger partial charge on any atom is -0.478 e. The van der Waals surface area contributed by atoms with E-state index in [2.05, 4.69) is 11.8 Å². The maximum Gasteiger partial charge on any atom is 0.335 e. The second-order valence-electron chi connectivity index (χ2n) is 7.83. The smallest absolute Gasteiger partial charge is 0.335 e. The SMILES string of the molecule is O=C(O)c1ccc(C(=O)c2ccc(C#Cc3ccc(C(=O)c4ccc(C(=O)O)cc4)cc3)cc2)cc1. The van der Waals surface area contributed by atoms with Gasteiger partial charge in [-0.1, -0.05) is 36.1 Å². The number of aromatic carboxylic acids is 2. The summed E-state index contributed by atoms with van der Waals surface area (Å²) in [5.41, 5.74) is 3.34. The number of ketones is 2. The first-order valence-electron chi connectivity index (χ1n) is 10.8. The van der Waals surface area contributed by atoms with E-state index in [-0.39, 0.29) is 22.7 Å². The molecule has 6 nitrogen and oxygen atoms in total. The summed E-state index contributed by atoms with van der Waals surface area (Å²) in [7, 11) is 0. The van der Waals surface area contributed by atoms with E-state index >= 15 is 0 Å². The molecule has 0 aromatic heterocycles. The Labute approximate surface area is 206 Å². The van der Waals surface area contributed by atoms with E-state index in [4.69, 9.17) is 10.2 Å². The second-order valence-corrected chi connectivity index (χ2v) is 7.83. The number of carbonyl (C=O) groups is 4. The molecule has 0 aliphatic heterocycles. The van der Waals surface area contributed by atoms with E-state index < -0.39 is 11.9 Å². The van der Waals surface area contributed by atoms with E-state index in [1.165, 1.54) is 48.5 Å². The quantitative estimate of drug-likeness (QED) is 0.303. The summed E-state index contributed by atoms with van der Waals surface area (Å²) >= 11 is 0. The summed E-state index contributed by atoms with van der Waals surface area (Å²) < 4.78 is 0. The van der Waals surface area contributed by atoms with Gasteiger partial charge in [-0.15, -0.1) is 0 Å². The first-order valence-corrected chi connectivity index (χ1v) is 10.8. The molecule has 4 rings (SSSR count). The maximum absolute atomic E-state index is 12.6. The molecule has 0 heterocycles. The number of carboxylic acids is 2. The zero-order valence-corrected chi connectivity index (χ0v) is 18.8. The fourth-order valence-corrected chi connectivity index (χ4v) is 3.42. The average molecular weight is 474 g/mol. The van der Waals surface area contributed by atoms with Crippen LogP contribution >= 0.6 is 0 Å². The van der Waals surface area contributed by atoms with Crippen LogP contribution in [-0.2, 0) is 0 Å². The largest absolute Gasteiger partial charge is 0.478 e. The molecule has 6 heteroatoms. The van der Waals surface area contributed by atoms with Gasteiger partial charge in [-0.2, -0.15) is 0 Å². The van der Waals surface area contributed by atoms with Crippen molar-refractivity contribution in [3.63, 3.8) is 0 Å². The number of hydrogen-bond acceptors (Lipinski definition) is 4. The van der Waals surface area contributed by atoms with Gasteiger partial charge in [-0.05, 0) is 72.8 Å². The van der Waals surface area contributed by atoms with Crippen LogP contribution in [0.5, 0.6) is 0 Å². The molecule has 0 saturated carbocycles. The molecule has 0 amide bonds. The third kappa shape index (κ3) is 5.44. The van der Waals surface area contributed by atoms with Crippen LogP contribution in [0.2, 0.25) is 0 Å². The van der Waals surface area contributed by atoms with Crippen molar-refractivity contribution in [3.05, 3.63) is 142 Å². The molecule has 0 radical (unpaired) electrons. The van der Waals surface area contributed by atoms with Crippen LogP contribution in [0.1, 0.15) is 63.7 Å². The lowest BCUT2D eigenvalue weighted by Crippen LogP contribution is -2.03. The molecule has 4 aromatic carbocycles. The van der Waals surface area contributed by atoms with E-state index in [9.17, 15) is 19.2 Å². The molecule has 2 N–H and O–H groups in total. The monoisotopic (exact) mass is 474 g/mol. The summed E-state index contributed by atoms with van der Waals surface area (Å²) in [5.74, 6) is 3.50. The van der Waals surface area contributed by atoms with Gasteiger partial charge in [0.05, 0.1) is 11.1 Å². The Morgan fingerprint density at radius 2 is 0.611 bits per heavy atom. The number of benzene rings is 4. The Kier molecular flexibility index (Phi) is 6.85. The van der Waals surface area contributed by atoms with Crippen LogP contribution in [-0.4, -0.2) is 33.7 Å². The molecule has 0 aliphatic rings. The maximum atomic E-state index is 12.6. The highest BCUT2D eigenvalue weighted by Gasteiger charge is 2.11. The van der Waals surface area contributed by atoms with E-state index in [1.807, 2.05) is 0 Å². The molecule has 0 atom stereocenters. The first-order chi connectivity index (χ1) is 17.3. The van der Waals surface area contributed by atoms with Crippen LogP contribution in [0.4, 0.5) is 0 Å². The summed E-state index contributed by atoms with van der Waals surface area (Å²) in [4.78, 5) is 47.2. The highest BCUT2D eigenvalue weighted by atomic mass is 16.4. The zero-order chi connectivity index (χ0) is 25.7. The summed E-state index contributed by atoms with van der Waals surface area (Å²) in [6, 6.07) is 25.1. The predicted octanol–water partition coefficient (Wildman–Crippen LogP) is 4.94. The summed E-state index contributed by atoms with van der Waals surface area (Å²) in [5, 5.41) is 17.9. The molecule has 174 valence electrons. The van der Waals surface area contributed by atoms with Gasteiger partial charge in [-0.3, -0.25) is 9.59 Å². The van der Waals surface area contributed by atoms with Crippen molar-refractivity contribution >= 4 is 23.5 Å². The molecular formula is C30H18O6. The van der Waals surface area contributed by atoms with Gasteiger partial charge in [0.2, 0.25) is 0 Å². The predicted molar refractivity (Wildman–Crippen MR) is 133 cm³/mol. The van der Waals surface area contributed by atoms with Crippen LogP contribution in [0.15, 0.2) is 97.1 Å². The number of rotatable bonds is 6. The van der Waals surface area contributed by atoms with Gasteiger partial charge in [0.25, 0.3) is 0 Å². The van der Waals surface area contributed by atoms with Crippen LogP contribution in [0.25, 0.3) is 0 Å². The fraction of sp³-hybridized carbons (Fsp3) is 0. The zero-order valence-electron chi connectivity index (χ0n) is 18.8. The van der Waals surface area contributed by atoms with Gasteiger partial charge in [0, 0.05) is 33.4 Å². The number of carbonyl (C=O) groups excluding carboxylic acids is 2. The van der Waals surface area contributed by atoms with Crippen molar-refractivity contribution in [3.8, 4) is 11.8 Å². The molecule has 0 fully saturated rings. The van der Waals surface area contributed by atoms with Crippen LogP contribution < -0.4 is 0 Å². The first kappa shape index (κ1) is 23.9. The van der Waals surface area contributed by atoms with E-state index in [0.717, 1.165) is 0 Å². The summed E-state index contributed by atoms with van der Waals surface area (Å²) in [6.45, 7) is 0. The van der Waals surface area contributed by atoms with Gasteiger partial charge < -0.3 is 10.2 Å². The second kappa shape index (κ2) is 10.3. The molecule has 36 heavy (non-hydrogen) atoms. The summed E-state index contributed by atoms with van der Waals surface area (Å²) in [6.07, 6.45) is 0. The molecule has 0 bridgehead atoms. The van der Waals surface area contributed by atoms with Crippen molar-refractivity contribution in [2.45, 2.75) is 0 Å². The van der Waals surface area contributed by atoms with Crippen molar-refractivity contribution in [2.24, 2.45) is 0 Å². The van der Waals surface area contributed by atoms with E-state index in [0.29, 0.717) is 33.4 Å². The fourth-order valence-electron chi connectivity index (χ4n) is 3.42. The van der Waals surface area contributed by atoms with Crippen molar-refractivity contribution < 1.29 is 29.4 Å². The molecule has 4 aromatic rings. The van der Waals surface area contributed by atoms with Crippen LogP contribution in [0, 0.1) is 11.8 Å². The lowest BCUT2D eigenvalue weighted by atomic mass is 10.0.